The lowest BCUT2D eigenvalue weighted by molar-refractivity contribution is -0.857. The maximum atomic E-state index is 13.2. The monoisotopic (exact) mass is 407 g/mol. The van der Waals surface area contributed by atoms with Crippen LogP contribution >= 0.6 is 0 Å². The predicted octanol–water partition coefficient (Wildman–Crippen LogP) is 1.25. The summed E-state index contributed by atoms with van der Waals surface area (Å²) in [6, 6.07) is 5.82. The van der Waals surface area contributed by atoms with E-state index in [2.05, 4.69) is 33.3 Å². The molecule has 2 N–H and O–H groups in total. The van der Waals surface area contributed by atoms with Gasteiger partial charge in [0.2, 0.25) is 11.8 Å². The SMILES string of the molecule is CCC(CC)C(=O)N(CC[NH+](C)C)Cc1cc(NC(=O)COC)ccc1N(C)C. The van der Waals surface area contributed by atoms with E-state index in [1.54, 1.807) is 0 Å². The quantitative estimate of drug-likeness (QED) is 0.547. The molecule has 0 saturated heterocycles. The number of likely N-dealkylation sites (N-methyl/N-ethyl adjacent to an activating group) is 1. The van der Waals surface area contributed by atoms with Crippen LogP contribution in [0.1, 0.15) is 32.3 Å². The van der Waals surface area contributed by atoms with Crippen molar-refractivity contribution in [2.24, 2.45) is 5.92 Å². The van der Waals surface area contributed by atoms with Crippen molar-refractivity contribution in [1.82, 2.24) is 4.90 Å². The first-order valence-corrected chi connectivity index (χ1v) is 10.4. The van der Waals surface area contributed by atoms with Crippen LogP contribution in [-0.4, -0.2) is 71.7 Å². The fraction of sp³-hybridized carbons (Fsp3) is 0.636. The zero-order valence-electron chi connectivity index (χ0n) is 19.2. The fourth-order valence-electron chi connectivity index (χ4n) is 3.28. The number of nitrogens with zero attached hydrogens (tertiary/aromatic N) is 2. The molecule has 7 nitrogen and oxygen atoms in total. The lowest BCUT2D eigenvalue weighted by Gasteiger charge is -2.29. The van der Waals surface area contributed by atoms with Crippen LogP contribution in [0.5, 0.6) is 0 Å². The van der Waals surface area contributed by atoms with Crippen LogP contribution in [0.2, 0.25) is 0 Å². The number of hydrogen-bond acceptors (Lipinski definition) is 4. The Balaban J connectivity index is 3.18. The average molecular weight is 408 g/mol. The maximum absolute atomic E-state index is 13.2. The van der Waals surface area contributed by atoms with Gasteiger partial charge in [-0.3, -0.25) is 9.59 Å². The van der Waals surface area contributed by atoms with E-state index < -0.39 is 0 Å². The molecule has 0 fully saturated rings. The zero-order chi connectivity index (χ0) is 22.0. The van der Waals surface area contributed by atoms with Gasteiger partial charge >= 0.3 is 0 Å². The van der Waals surface area contributed by atoms with Crippen LogP contribution in [0.15, 0.2) is 18.2 Å². The van der Waals surface area contributed by atoms with Gasteiger partial charge in [0, 0.05) is 45.0 Å². The van der Waals surface area contributed by atoms with Gasteiger partial charge in [-0.1, -0.05) is 13.8 Å². The number of quaternary nitrogens is 1. The molecule has 1 aromatic rings. The number of ether oxygens (including phenoxy) is 1. The summed E-state index contributed by atoms with van der Waals surface area (Å²) in [5.74, 6) is 0.0477. The minimum atomic E-state index is -0.197. The van der Waals surface area contributed by atoms with Gasteiger partial charge in [0.05, 0.1) is 27.2 Å². The van der Waals surface area contributed by atoms with E-state index >= 15 is 0 Å². The summed E-state index contributed by atoms with van der Waals surface area (Å²) in [6.45, 7) is 6.25. The zero-order valence-corrected chi connectivity index (χ0v) is 19.2. The number of nitrogens with one attached hydrogen (secondary N) is 2. The minimum absolute atomic E-state index is 0.00959. The van der Waals surface area contributed by atoms with Crippen molar-refractivity contribution in [3.63, 3.8) is 0 Å². The van der Waals surface area contributed by atoms with Crippen molar-refractivity contribution in [2.75, 3.05) is 65.2 Å². The first-order chi connectivity index (χ1) is 13.7. The largest absolute Gasteiger partial charge is 0.377 e. The molecule has 2 amide bonds. The molecule has 0 bridgehead atoms. The highest BCUT2D eigenvalue weighted by Gasteiger charge is 2.23. The number of carbonyl (C=O) groups excluding carboxylic acids is 2. The van der Waals surface area contributed by atoms with Crippen molar-refractivity contribution in [1.29, 1.82) is 0 Å². The van der Waals surface area contributed by atoms with Crippen LogP contribution in [0.4, 0.5) is 11.4 Å². The normalized spacial score (nSPS) is 11.1. The van der Waals surface area contributed by atoms with Gasteiger partial charge in [-0.25, -0.2) is 0 Å². The molecule has 0 heterocycles. The van der Waals surface area contributed by atoms with E-state index in [0.29, 0.717) is 18.8 Å². The Morgan fingerprint density at radius 3 is 2.34 bits per heavy atom. The van der Waals surface area contributed by atoms with E-state index in [9.17, 15) is 9.59 Å². The molecule has 1 rings (SSSR count). The highest BCUT2D eigenvalue weighted by atomic mass is 16.5. The molecule has 0 saturated carbocycles. The van der Waals surface area contributed by atoms with Crippen molar-refractivity contribution in [3.8, 4) is 0 Å². The Bertz CT molecular complexity index is 657. The second-order valence-electron chi connectivity index (χ2n) is 7.95. The molecule has 1 aromatic carbocycles. The van der Waals surface area contributed by atoms with E-state index in [0.717, 1.165) is 30.6 Å². The van der Waals surface area contributed by atoms with E-state index in [1.165, 1.54) is 12.0 Å². The summed E-state index contributed by atoms with van der Waals surface area (Å²) in [7, 11) is 9.65. The Hall–Kier alpha value is -2.12. The van der Waals surface area contributed by atoms with Gasteiger partial charge in [0.15, 0.2) is 0 Å². The summed E-state index contributed by atoms with van der Waals surface area (Å²) < 4.78 is 4.89. The summed E-state index contributed by atoms with van der Waals surface area (Å²) >= 11 is 0. The number of carbonyl (C=O) groups is 2. The molecule has 0 radical (unpaired) electrons. The molecule has 0 spiro atoms. The lowest BCUT2D eigenvalue weighted by atomic mass is 10.0. The molecule has 0 aliphatic rings. The van der Waals surface area contributed by atoms with Crippen LogP contribution in [-0.2, 0) is 20.9 Å². The van der Waals surface area contributed by atoms with Gasteiger partial charge in [-0.15, -0.1) is 0 Å². The number of hydrogen-bond donors (Lipinski definition) is 2. The van der Waals surface area contributed by atoms with E-state index in [-0.39, 0.29) is 24.3 Å². The third kappa shape index (κ3) is 8.03. The molecule has 0 aliphatic heterocycles. The predicted molar refractivity (Wildman–Crippen MR) is 118 cm³/mol. The summed E-state index contributed by atoms with van der Waals surface area (Å²) in [4.78, 5) is 30.4. The number of rotatable bonds is 12. The first kappa shape index (κ1) is 24.9. The molecular weight excluding hydrogens is 368 g/mol. The maximum Gasteiger partial charge on any atom is 0.250 e. The second kappa shape index (κ2) is 12.4. The van der Waals surface area contributed by atoms with Crippen LogP contribution in [0.25, 0.3) is 0 Å². The lowest BCUT2D eigenvalue weighted by Crippen LogP contribution is -3.06. The number of methoxy groups -OCH3 is 1. The molecule has 0 aromatic heterocycles. The molecule has 29 heavy (non-hydrogen) atoms. The van der Waals surface area contributed by atoms with Gasteiger partial charge in [0.25, 0.3) is 0 Å². The van der Waals surface area contributed by atoms with Crippen LogP contribution in [0.3, 0.4) is 0 Å². The number of amides is 2. The van der Waals surface area contributed by atoms with Crippen LogP contribution in [0, 0.1) is 5.92 Å². The Morgan fingerprint density at radius 2 is 1.83 bits per heavy atom. The van der Waals surface area contributed by atoms with Gasteiger partial charge in [-0.05, 0) is 36.6 Å². The van der Waals surface area contributed by atoms with Crippen molar-refractivity contribution >= 4 is 23.2 Å². The van der Waals surface area contributed by atoms with Crippen molar-refractivity contribution in [3.05, 3.63) is 23.8 Å². The molecular formula is C22H39N4O3+. The Labute approximate surface area is 176 Å². The number of anilines is 2. The molecule has 0 unspecified atom stereocenters. The summed E-state index contributed by atoms with van der Waals surface area (Å²) in [6.07, 6.45) is 1.68. The fourth-order valence-corrected chi connectivity index (χ4v) is 3.28. The highest BCUT2D eigenvalue weighted by Crippen LogP contribution is 2.25. The standard InChI is InChI=1S/C22H38N4O3/c1-8-17(9-2)22(28)26(13-12-24(3)4)15-18-14-19(23-21(27)16-29-7)10-11-20(18)25(5)6/h10-11,14,17H,8-9,12-13,15-16H2,1-7H3,(H,23,27)/p+1. The summed E-state index contributed by atoms with van der Waals surface area (Å²) in [5.41, 5.74) is 2.76. The smallest absolute Gasteiger partial charge is 0.250 e. The third-order valence-electron chi connectivity index (χ3n) is 5.01. The summed E-state index contributed by atoms with van der Waals surface area (Å²) in [5, 5.41) is 2.86. The first-order valence-electron chi connectivity index (χ1n) is 10.4. The van der Waals surface area contributed by atoms with Crippen molar-refractivity contribution < 1.29 is 19.2 Å². The topological polar surface area (TPSA) is 66.3 Å². The van der Waals surface area contributed by atoms with Gasteiger partial charge in [-0.2, -0.15) is 0 Å². The molecule has 7 heteroatoms. The Morgan fingerprint density at radius 1 is 1.17 bits per heavy atom. The molecule has 164 valence electrons. The van der Waals surface area contributed by atoms with E-state index in [4.69, 9.17) is 4.74 Å². The molecule has 0 aliphatic carbocycles. The Kier molecular flexibility index (Phi) is 10.7. The van der Waals surface area contributed by atoms with Gasteiger partial charge < -0.3 is 24.8 Å². The van der Waals surface area contributed by atoms with Crippen molar-refractivity contribution in [2.45, 2.75) is 33.2 Å². The second-order valence-corrected chi connectivity index (χ2v) is 7.95. The minimum Gasteiger partial charge on any atom is -0.377 e. The number of benzene rings is 1. The highest BCUT2D eigenvalue weighted by molar-refractivity contribution is 5.92. The van der Waals surface area contributed by atoms with Crippen LogP contribution < -0.4 is 15.1 Å². The molecule has 0 atom stereocenters. The third-order valence-corrected chi connectivity index (χ3v) is 5.01. The average Bonchev–Trinajstić information content (AvgIpc) is 2.65. The van der Waals surface area contributed by atoms with Gasteiger partial charge in [0.1, 0.15) is 6.61 Å². The van der Waals surface area contributed by atoms with E-state index in [1.807, 2.05) is 42.1 Å².